The molecule has 0 N–H and O–H groups in total. The van der Waals surface area contributed by atoms with E-state index in [2.05, 4.69) is 9.72 Å². The van der Waals surface area contributed by atoms with Crippen LogP contribution in [0, 0.1) is 0 Å². The lowest BCUT2D eigenvalue weighted by molar-refractivity contribution is -0.141. The molecular weight excluding hydrogens is 219 g/mol. The van der Waals surface area contributed by atoms with Crippen LogP contribution in [-0.2, 0) is 10.9 Å². The molecule has 0 amide bonds. The van der Waals surface area contributed by atoms with Crippen molar-refractivity contribution in [3.63, 3.8) is 0 Å². The number of hydrogen-bond donors (Lipinski definition) is 0. The highest BCUT2D eigenvalue weighted by Crippen LogP contribution is 2.32. The summed E-state index contributed by atoms with van der Waals surface area (Å²) in [5, 5.41) is 0. The van der Waals surface area contributed by atoms with Gasteiger partial charge >= 0.3 is 12.1 Å². The number of alkyl halides is 3. The Bertz CT molecular complexity index is 334. The van der Waals surface area contributed by atoms with Crippen molar-refractivity contribution in [1.82, 2.24) is 4.98 Å². The molecule has 0 radical (unpaired) electrons. The lowest BCUT2D eigenvalue weighted by Crippen LogP contribution is -2.13. The number of ether oxygens (including phenoxy) is 1. The van der Waals surface area contributed by atoms with Gasteiger partial charge in [0.05, 0.1) is 12.1 Å². The highest BCUT2D eigenvalue weighted by molar-refractivity contribution is 7.11. The Balaban J connectivity index is 2.99. The van der Waals surface area contributed by atoms with Gasteiger partial charge in [-0.1, -0.05) is 0 Å². The largest absolute Gasteiger partial charge is 0.462 e. The quantitative estimate of drug-likeness (QED) is 0.725. The minimum atomic E-state index is -4.61. The zero-order valence-electron chi connectivity index (χ0n) is 7.09. The molecule has 0 saturated carbocycles. The van der Waals surface area contributed by atoms with Gasteiger partial charge in [-0.2, -0.15) is 13.2 Å². The number of halogens is 3. The van der Waals surface area contributed by atoms with Gasteiger partial charge in [0.15, 0.2) is 5.69 Å². The average Bonchev–Trinajstić information content (AvgIpc) is 2.50. The molecule has 1 rings (SSSR count). The van der Waals surface area contributed by atoms with E-state index in [9.17, 15) is 18.0 Å². The topological polar surface area (TPSA) is 39.2 Å². The van der Waals surface area contributed by atoms with Crippen LogP contribution < -0.4 is 0 Å². The maximum Gasteiger partial charge on any atom is 0.435 e. The van der Waals surface area contributed by atoms with Gasteiger partial charge < -0.3 is 4.74 Å². The van der Waals surface area contributed by atoms with Gasteiger partial charge in [-0.3, -0.25) is 0 Å². The number of carbonyl (C=O) groups excluding carboxylic acids is 1. The first kappa shape index (κ1) is 11.0. The summed E-state index contributed by atoms with van der Waals surface area (Å²) in [6, 6.07) is 0. The molecular formula is C7H6F3NO2S. The summed E-state index contributed by atoms with van der Waals surface area (Å²) in [6.45, 7) is 1.56. The van der Waals surface area contributed by atoms with Gasteiger partial charge in [0, 0.05) is 0 Å². The first-order valence-corrected chi connectivity index (χ1v) is 4.52. The number of carbonyl (C=O) groups is 1. The van der Waals surface area contributed by atoms with Crippen LogP contribution in [0.15, 0.2) is 5.51 Å². The molecule has 7 heteroatoms. The summed E-state index contributed by atoms with van der Waals surface area (Å²) < 4.78 is 41.1. The second-order valence-electron chi connectivity index (χ2n) is 2.25. The van der Waals surface area contributed by atoms with E-state index in [1.54, 1.807) is 0 Å². The summed E-state index contributed by atoms with van der Waals surface area (Å²) in [4.78, 5) is 13.6. The third kappa shape index (κ3) is 2.22. The van der Waals surface area contributed by atoms with E-state index in [0.717, 1.165) is 5.51 Å². The van der Waals surface area contributed by atoms with Gasteiger partial charge in [-0.15, -0.1) is 11.3 Å². The third-order valence-electron chi connectivity index (χ3n) is 1.30. The molecule has 0 atom stereocenters. The Morgan fingerprint density at radius 3 is 2.79 bits per heavy atom. The first-order valence-electron chi connectivity index (χ1n) is 3.64. The standard InChI is InChI=1S/C7H6F3NO2S/c1-2-13-6(12)4-5(7(8,9)10)11-3-14-4/h3H,2H2,1H3. The molecule has 1 aromatic rings. The smallest absolute Gasteiger partial charge is 0.435 e. The van der Waals surface area contributed by atoms with Crippen molar-refractivity contribution in [2.24, 2.45) is 0 Å². The average molecular weight is 225 g/mol. The van der Waals surface area contributed by atoms with Crippen molar-refractivity contribution in [2.45, 2.75) is 13.1 Å². The molecule has 0 fully saturated rings. The molecule has 3 nitrogen and oxygen atoms in total. The number of rotatable bonds is 2. The molecule has 1 heterocycles. The summed E-state index contributed by atoms with van der Waals surface area (Å²) in [5.74, 6) is -0.984. The predicted molar refractivity (Wildman–Crippen MR) is 43.1 cm³/mol. The van der Waals surface area contributed by atoms with E-state index in [-0.39, 0.29) is 6.61 Å². The zero-order valence-corrected chi connectivity index (χ0v) is 7.91. The molecule has 0 aliphatic carbocycles. The normalized spacial score (nSPS) is 11.4. The van der Waals surface area contributed by atoms with Crippen molar-refractivity contribution in [1.29, 1.82) is 0 Å². The van der Waals surface area contributed by atoms with Gasteiger partial charge in [-0.25, -0.2) is 9.78 Å². The molecule has 14 heavy (non-hydrogen) atoms. The van der Waals surface area contributed by atoms with Crippen LogP contribution in [0.2, 0.25) is 0 Å². The molecule has 0 bridgehead atoms. The maximum absolute atomic E-state index is 12.2. The van der Waals surface area contributed by atoms with Gasteiger partial charge in [0.1, 0.15) is 4.88 Å². The molecule has 0 saturated heterocycles. The zero-order chi connectivity index (χ0) is 10.8. The van der Waals surface area contributed by atoms with Crippen LogP contribution in [0.25, 0.3) is 0 Å². The molecule has 0 aromatic carbocycles. The fraction of sp³-hybridized carbons (Fsp3) is 0.429. The first-order chi connectivity index (χ1) is 6.46. The summed E-state index contributed by atoms with van der Waals surface area (Å²) in [6.07, 6.45) is -4.61. The fourth-order valence-corrected chi connectivity index (χ4v) is 1.49. The SMILES string of the molecule is CCOC(=O)c1scnc1C(F)(F)F. The molecule has 0 unspecified atom stereocenters. The van der Waals surface area contributed by atoms with E-state index in [4.69, 9.17) is 0 Å². The Hall–Kier alpha value is -1.11. The number of aromatic nitrogens is 1. The summed E-state index contributed by atoms with van der Waals surface area (Å²) in [7, 11) is 0. The predicted octanol–water partition coefficient (Wildman–Crippen LogP) is 2.34. The minimum absolute atomic E-state index is 0.0357. The van der Waals surface area contributed by atoms with Crippen molar-refractivity contribution in [2.75, 3.05) is 6.61 Å². The minimum Gasteiger partial charge on any atom is -0.462 e. The molecule has 0 aliphatic rings. The van der Waals surface area contributed by atoms with Crippen molar-refractivity contribution < 1.29 is 22.7 Å². The highest BCUT2D eigenvalue weighted by Gasteiger charge is 2.38. The van der Waals surface area contributed by atoms with Crippen molar-refractivity contribution >= 4 is 17.3 Å². The second-order valence-corrected chi connectivity index (χ2v) is 3.10. The molecule has 1 aromatic heterocycles. The van der Waals surface area contributed by atoms with Crippen LogP contribution in [0.4, 0.5) is 13.2 Å². The van der Waals surface area contributed by atoms with E-state index < -0.39 is 22.7 Å². The summed E-state index contributed by atoms with van der Waals surface area (Å²) in [5.41, 5.74) is -0.212. The summed E-state index contributed by atoms with van der Waals surface area (Å²) >= 11 is 0.619. The van der Waals surface area contributed by atoms with Gasteiger partial charge in [0.2, 0.25) is 0 Å². The van der Waals surface area contributed by atoms with Gasteiger partial charge in [0.25, 0.3) is 0 Å². The van der Waals surface area contributed by atoms with E-state index >= 15 is 0 Å². The Morgan fingerprint density at radius 2 is 2.29 bits per heavy atom. The Labute approximate surface area is 81.5 Å². The Morgan fingerprint density at radius 1 is 1.64 bits per heavy atom. The molecule has 78 valence electrons. The van der Waals surface area contributed by atoms with Crippen LogP contribution in [-0.4, -0.2) is 17.6 Å². The van der Waals surface area contributed by atoms with Crippen LogP contribution in [0.5, 0.6) is 0 Å². The van der Waals surface area contributed by atoms with Crippen LogP contribution in [0.3, 0.4) is 0 Å². The number of thiazole rings is 1. The molecule has 0 spiro atoms. The third-order valence-corrected chi connectivity index (χ3v) is 2.10. The van der Waals surface area contributed by atoms with E-state index in [1.807, 2.05) is 0 Å². The van der Waals surface area contributed by atoms with Gasteiger partial charge in [-0.05, 0) is 6.92 Å². The fourth-order valence-electron chi connectivity index (χ4n) is 0.790. The number of esters is 1. The van der Waals surface area contributed by atoms with E-state index in [1.165, 1.54) is 6.92 Å². The molecule has 0 aliphatic heterocycles. The maximum atomic E-state index is 12.2. The second kappa shape index (κ2) is 3.95. The van der Waals surface area contributed by atoms with E-state index in [0.29, 0.717) is 11.3 Å². The Kier molecular flexibility index (Phi) is 3.10. The highest BCUT2D eigenvalue weighted by atomic mass is 32.1. The van der Waals surface area contributed by atoms with Crippen LogP contribution >= 0.6 is 11.3 Å². The van der Waals surface area contributed by atoms with Crippen LogP contribution in [0.1, 0.15) is 22.3 Å². The lowest BCUT2D eigenvalue weighted by atomic mass is 10.3. The monoisotopic (exact) mass is 225 g/mol. The van der Waals surface area contributed by atoms with Crippen molar-refractivity contribution in [3.8, 4) is 0 Å². The number of hydrogen-bond acceptors (Lipinski definition) is 4. The lowest BCUT2D eigenvalue weighted by Gasteiger charge is -2.05. The number of nitrogens with zero attached hydrogens (tertiary/aromatic N) is 1. The van der Waals surface area contributed by atoms with Crippen molar-refractivity contribution in [3.05, 3.63) is 16.1 Å².